The molecule has 10 heteroatoms. The van der Waals surface area contributed by atoms with E-state index in [4.69, 9.17) is 28.8 Å². The highest BCUT2D eigenvalue weighted by Gasteiger charge is 2.22. The number of anilines is 1. The summed E-state index contributed by atoms with van der Waals surface area (Å²) in [5, 5.41) is 18.0. The van der Waals surface area contributed by atoms with Gasteiger partial charge in [-0.05, 0) is 79.4 Å². The van der Waals surface area contributed by atoms with Gasteiger partial charge >= 0.3 is 0 Å². The van der Waals surface area contributed by atoms with E-state index < -0.39 is 0 Å². The maximum atomic E-state index is 13.2. The van der Waals surface area contributed by atoms with Crippen molar-refractivity contribution in [3.63, 3.8) is 0 Å². The van der Waals surface area contributed by atoms with Crippen molar-refractivity contribution in [1.29, 1.82) is 5.41 Å². The monoisotopic (exact) mass is 681 g/mol. The lowest BCUT2D eigenvalue weighted by molar-refractivity contribution is -0.120. The van der Waals surface area contributed by atoms with Crippen molar-refractivity contribution in [1.82, 2.24) is 15.5 Å². The molecular weight excluding hydrogens is 642 g/mol. The molecule has 0 unspecified atom stereocenters. The zero-order chi connectivity index (χ0) is 35.5. The van der Waals surface area contributed by atoms with Crippen LogP contribution in [0.5, 0.6) is 11.5 Å². The maximum Gasteiger partial charge on any atom is 0.227 e. The Kier molecular flexibility index (Phi) is 9.39. The molecule has 4 aromatic carbocycles. The van der Waals surface area contributed by atoms with E-state index in [9.17, 15) is 4.79 Å². The summed E-state index contributed by atoms with van der Waals surface area (Å²) in [7, 11) is 5.33. The van der Waals surface area contributed by atoms with Crippen LogP contribution >= 0.6 is 0 Å². The van der Waals surface area contributed by atoms with Crippen LogP contribution in [0.25, 0.3) is 55.7 Å². The number of rotatable bonds is 12. The SMILES string of the molecule is COc1ccc(-c2noc(CC(=O)NCCCCN(C)c3cc4oc5cc(=N)ccc-5nc4c4c(C)cccc34)c2-c2ccc(OC)cc2)cc1. The lowest BCUT2D eigenvalue weighted by Crippen LogP contribution is -2.27. The molecule has 5 aromatic rings. The highest BCUT2D eigenvalue weighted by Crippen LogP contribution is 2.38. The fraction of sp³-hybridized carbons (Fsp3) is 0.220. The number of nitrogens with zero attached hydrogens (tertiary/aromatic N) is 3. The third-order valence-corrected chi connectivity index (χ3v) is 9.18. The van der Waals surface area contributed by atoms with Gasteiger partial charge in [-0.2, -0.15) is 0 Å². The van der Waals surface area contributed by atoms with Crippen molar-refractivity contribution >= 4 is 33.5 Å². The van der Waals surface area contributed by atoms with Gasteiger partial charge in [-0.1, -0.05) is 35.5 Å². The highest BCUT2D eigenvalue weighted by atomic mass is 16.5. The molecule has 51 heavy (non-hydrogen) atoms. The second-order valence-electron chi connectivity index (χ2n) is 12.6. The largest absolute Gasteiger partial charge is 0.497 e. The number of fused-ring (bicyclic) bond motifs is 4. The minimum Gasteiger partial charge on any atom is -0.497 e. The quantitative estimate of drug-likeness (QED) is 0.0761. The fourth-order valence-electron chi connectivity index (χ4n) is 6.50. The highest BCUT2D eigenvalue weighted by molar-refractivity contribution is 6.11. The molecule has 0 atom stereocenters. The van der Waals surface area contributed by atoms with E-state index in [1.165, 1.54) is 0 Å². The van der Waals surface area contributed by atoms with Crippen LogP contribution in [-0.2, 0) is 11.2 Å². The number of methoxy groups -OCH3 is 2. The zero-order valence-electron chi connectivity index (χ0n) is 29.1. The number of aryl methyl sites for hydroxylation is 1. The minimum absolute atomic E-state index is 0.0563. The molecule has 0 saturated heterocycles. The van der Waals surface area contributed by atoms with Crippen LogP contribution in [0.15, 0.2) is 99.9 Å². The zero-order valence-corrected chi connectivity index (χ0v) is 29.1. The van der Waals surface area contributed by atoms with Gasteiger partial charge in [0.15, 0.2) is 17.1 Å². The number of benzene rings is 5. The topological polar surface area (TPSA) is 127 Å². The average molecular weight is 682 g/mol. The summed E-state index contributed by atoms with van der Waals surface area (Å²) in [4.78, 5) is 20.3. The third kappa shape index (κ3) is 6.85. The molecule has 7 rings (SSSR count). The van der Waals surface area contributed by atoms with Crippen molar-refractivity contribution < 1.29 is 23.2 Å². The Balaban J connectivity index is 1.03. The molecule has 0 fully saturated rings. The second kappa shape index (κ2) is 14.4. The summed E-state index contributed by atoms with van der Waals surface area (Å²) in [6, 6.07) is 28.8. The number of nitrogens with one attached hydrogen (secondary N) is 2. The molecule has 2 aliphatic rings. The average Bonchev–Trinajstić information content (AvgIpc) is 3.56. The first-order valence-corrected chi connectivity index (χ1v) is 16.9. The van der Waals surface area contributed by atoms with E-state index in [0.29, 0.717) is 34.7 Å². The molecule has 1 aromatic heterocycles. The van der Waals surface area contributed by atoms with Crippen molar-refractivity contribution in [2.24, 2.45) is 0 Å². The Bertz CT molecular complexity index is 2360. The van der Waals surface area contributed by atoms with E-state index in [-0.39, 0.29) is 12.3 Å². The number of amides is 1. The standard InChI is InChI=1S/C41H39N5O5/c1-25-8-7-9-31-33(23-36-41(38(25)31)44-32-19-14-28(42)22-34(32)50-36)46(2)21-6-5-20-43-37(47)24-35-39(26-10-15-29(48-3)16-11-26)40(45-51-35)27-12-17-30(49-4)18-13-27/h7-19,22-23,42H,5-6,20-21,24H2,1-4H3,(H,43,47). The van der Waals surface area contributed by atoms with Crippen LogP contribution in [0.2, 0.25) is 0 Å². The first-order valence-electron chi connectivity index (χ1n) is 16.9. The molecule has 10 nitrogen and oxygen atoms in total. The molecule has 2 heterocycles. The van der Waals surface area contributed by atoms with Crippen molar-refractivity contribution in [2.75, 3.05) is 39.3 Å². The minimum atomic E-state index is -0.135. The number of carbonyl (C=O) groups excluding carboxylic acids is 1. The summed E-state index contributed by atoms with van der Waals surface area (Å²) in [6.45, 7) is 3.39. The Labute approximate surface area is 295 Å². The van der Waals surface area contributed by atoms with Crippen LogP contribution in [-0.4, -0.2) is 50.4 Å². The predicted octanol–water partition coefficient (Wildman–Crippen LogP) is 7.79. The van der Waals surface area contributed by atoms with E-state index in [2.05, 4.69) is 47.5 Å². The van der Waals surface area contributed by atoms with E-state index in [1.54, 1.807) is 26.4 Å². The molecule has 0 bridgehead atoms. The molecule has 1 amide bonds. The van der Waals surface area contributed by atoms with Crippen LogP contribution in [0.3, 0.4) is 0 Å². The molecule has 0 spiro atoms. The summed E-state index contributed by atoms with van der Waals surface area (Å²) in [6.07, 6.45) is 1.71. The number of unbranched alkanes of at least 4 members (excludes halogenated alkanes) is 1. The maximum absolute atomic E-state index is 13.2. The predicted molar refractivity (Wildman–Crippen MR) is 198 cm³/mol. The van der Waals surface area contributed by atoms with Gasteiger partial charge < -0.3 is 34.0 Å². The lowest BCUT2D eigenvalue weighted by Gasteiger charge is -2.23. The number of hydrogen-bond donors (Lipinski definition) is 2. The number of carbonyl (C=O) groups is 1. The fourth-order valence-corrected chi connectivity index (χ4v) is 6.50. The Hall–Kier alpha value is -6.16. The Morgan fingerprint density at radius 2 is 1.63 bits per heavy atom. The first-order chi connectivity index (χ1) is 24.8. The number of aromatic nitrogens is 2. The smallest absolute Gasteiger partial charge is 0.227 e. The molecule has 258 valence electrons. The van der Waals surface area contributed by atoms with Crippen LogP contribution in [0.4, 0.5) is 5.69 Å². The van der Waals surface area contributed by atoms with Gasteiger partial charge in [0.25, 0.3) is 0 Å². The Morgan fingerprint density at radius 3 is 2.35 bits per heavy atom. The number of ether oxygens (including phenoxy) is 2. The Morgan fingerprint density at radius 1 is 0.902 bits per heavy atom. The molecule has 0 radical (unpaired) electrons. The summed E-state index contributed by atoms with van der Waals surface area (Å²) >= 11 is 0. The van der Waals surface area contributed by atoms with Gasteiger partial charge in [-0.15, -0.1) is 0 Å². The summed E-state index contributed by atoms with van der Waals surface area (Å²) in [5.41, 5.74) is 7.54. The van der Waals surface area contributed by atoms with Crippen molar-refractivity contribution in [3.8, 4) is 45.3 Å². The molecule has 1 aliphatic carbocycles. The van der Waals surface area contributed by atoms with E-state index in [0.717, 1.165) is 80.8 Å². The van der Waals surface area contributed by atoms with Crippen LogP contribution in [0.1, 0.15) is 24.2 Å². The van der Waals surface area contributed by atoms with Crippen LogP contribution in [0, 0.1) is 12.3 Å². The third-order valence-electron chi connectivity index (χ3n) is 9.18. The molecule has 2 N–H and O–H groups in total. The lowest BCUT2D eigenvalue weighted by atomic mass is 9.98. The molecular formula is C41H39N5O5. The van der Waals surface area contributed by atoms with E-state index in [1.807, 2.05) is 60.7 Å². The van der Waals surface area contributed by atoms with Crippen molar-refractivity contribution in [3.05, 3.63) is 108 Å². The van der Waals surface area contributed by atoms with Crippen LogP contribution < -0.4 is 25.0 Å². The van der Waals surface area contributed by atoms with Gasteiger partial charge in [0.2, 0.25) is 5.91 Å². The van der Waals surface area contributed by atoms with Crippen molar-refractivity contribution in [2.45, 2.75) is 26.2 Å². The number of hydrogen-bond acceptors (Lipinski definition) is 9. The summed E-state index contributed by atoms with van der Waals surface area (Å²) in [5.74, 6) is 2.42. The van der Waals surface area contributed by atoms with Gasteiger partial charge in [0.1, 0.15) is 28.4 Å². The van der Waals surface area contributed by atoms with Gasteiger partial charge in [0.05, 0.1) is 31.6 Å². The van der Waals surface area contributed by atoms with Gasteiger partial charge in [-0.3, -0.25) is 4.79 Å². The molecule has 1 aliphatic heterocycles. The summed E-state index contributed by atoms with van der Waals surface area (Å²) < 4.78 is 22.8. The van der Waals surface area contributed by atoms with E-state index >= 15 is 0 Å². The van der Waals surface area contributed by atoms with Gasteiger partial charge in [-0.25, -0.2) is 4.98 Å². The first kappa shape index (κ1) is 33.3. The second-order valence-corrected chi connectivity index (χ2v) is 12.6. The molecule has 0 saturated carbocycles. The van der Waals surface area contributed by atoms with Gasteiger partial charge in [0, 0.05) is 54.3 Å². The normalized spacial score (nSPS) is 11.3.